The maximum Gasteiger partial charge on any atom is 0.407 e. The number of benzene rings is 2. The van der Waals surface area contributed by atoms with Crippen LogP contribution >= 0.6 is 11.6 Å². The van der Waals surface area contributed by atoms with Crippen LogP contribution < -0.4 is 15.4 Å². The van der Waals surface area contributed by atoms with E-state index in [1.807, 2.05) is 36.4 Å². The molecule has 0 spiro atoms. The van der Waals surface area contributed by atoms with Crippen molar-refractivity contribution in [1.82, 2.24) is 10.6 Å². The zero-order chi connectivity index (χ0) is 19.2. The Morgan fingerprint density at radius 2 is 2.04 bits per heavy atom. The largest absolute Gasteiger partial charge is 0.497 e. The van der Waals surface area contributed by atoms with Crippen molar-refractivity contribution in [3.05, 3.63) is 64.7 Å². The Hall–Kier alpha value is -2.28. The molecule has 2 aromatic rings. The number of hydrogen-bond donors (Lipinski definition) is 3. The minimum absolute atomic E-state index is 0.162. The number of carbonyl (C=O) groups is 1. The van der Waals surface area contributed by atoms with E-state index in [0.29, 0.717) is 24.5 Å². The van der Waals surface area contributed by atoms with Crippen LogP contribution in [0.15, 0.2) is 48.5 Å². The smallest absolute Gasteiger partial charge is 0.407 e. The Bertz CT molecular complexity index is 769. The van der Waals surface area contributed by atoms with Gasteiger partial charge < -0.3 is 25.2 Å². The van der Waals surface area contributed by atoms with Crippen LogP contribution in [0.2, 0.25) is 5.02 Å². The zero-order valence-electron chi connectivity index (χ0n) is 15.0. The van der Waals surface area contributed by atoms with Crippen LogP contribution in [-0.2, 0) is 17.7 Å². The Labute approximate surface area is 163 Å². The van der Waals surface area contributed by atoms with E-state index in [2.05, 4.69) is 10.6 Å². The van der Waals surface area contributed by atoms with E-state index in [0.717, 1.165) is 16.9 Å². The maximum absolute atomic E-state index is 12.2. The number of alkyl carbamates (subject to hydrolysis) is 1. The number of nitrogens with one attached hydrogen (secondary N) is 2. The van der Waals surface area contributed by atoms with Gasteiger partial charge in [0.25, 0.3) is 0 Å². The van der Waals surface area contributed by atoms with E-state index in [4.69, 9.17) is 21.1 Å². The number of ether oxygens (including phenoxy) is 2. The van der Waals surface area contributed by atoms with Crippen molar-refractivity contribution in [3.8, 4) is 5.75 Å². The molecule has 0 bridgehead atoms. The summed E-state index contributed by atoms with van der Waals surface area (Å²) in [7, 11) is 1.62. The predicted octanol–water partition coefficient (Wildman–Crippen LogP) is 2.52. The first kappa shape index (κ1) is 19.5. The Balaban J connectivity index is 1.55. The highest BCUT2D eigenvalue weighted by atomic mass is 35.5. The maximum atomic E-state index is 12.2. The van der Waals surface area contributed by atoms with Crippen LogP contribution in [0.25, 0.3) is 0 Å². The summed E-state index contributed by atoms with van der Waals surface area (Å²) in [4.78, 5) is 12.2. The van der Waals surface area contributed by atoms with Gasteiger partial charge in [-0.1, -0.05) is 35.9 Å². The van der Waals surface area contributed by atoms with Crippen LogP contribution in [0, 0.1) is 0 Å². The SMILES string of the molecule is COc1ccc(C[C@H]2NC[C@H](O)[C@H]2OC(=O)NCc2cccc(Cl)c2)cc1. The quantitative estimate of drug-likeness (QED) is 0.706. The van der Waals surface area contributed by atoms with E-state index >= 15 is 0 Å². The molecule has 0 unspecified atom stereocenters. The molecule has 3 N–H and O–H groups in total. The molecular weight excluding hydrogens is 368 g/mol. The molecule has 27 heavy (non-hydrogen) atoms. The highest BCUT2D eigenvalue weighted by molar-refractivity contribution is 6.30. The van der Waals surface area contributed by atoms with Crippen LogP contribution in [0.5, 0.6) is 5.75 Å². The second-order valence-corrected chi connectivity index (χ2v) is 6.92. The highest BCUT2D eigenvalue weighted by Crippen LogP contribution is 2.19. The molecule has 7 heteroatoms. The third-order valence-electron chi connectivity index (χ3n) is 4.55. The fourth-order valence-corrected chi connectivity index (χ4v) is 3.34. The highest BCUT2D eigenvalue weighted by Gasteiger charge is 2.37. The number of rotatable bonds is 6. The third-order valence-corrected chi connectivity index (χ3v) is 4.78. The predicted molar refractivity (Wildman–Crippen MR) is 103 cm³/mol. The first-order valence-electron chi connectivity index (χ1n) is 8.78. The lowest BCUT2D eigenvalue weighted by atomic mass is 10.0. The fraction of sp³-hybridized carbons (Fsp3) is 0.350. The second kappa shape index (κ2) is 9.08. The lowest BCUT2D eigenvalue weighted by Crippen LogP contribution is -2.41. The van der Waals surface area contributed by atoms with Crippen molar-refractivity contribution in [1.29, 1.82) is 0 Å². The monoisotopic (exact) mass is 390 g/mol. The standard InChI is InChI=1S/C20H23ClN2O4/c1-26-16-7-5-13(6-8-16)10-17-19(18(24)12-22-17)27-20(25)23-11-14-3-2-4-15(21)9-14/h2-9,17-19,22,24H,10-12H2,1H3,(H,23,25)/t17-,18+,19+/m1/s1. The number of halogens is 1. The van der Waals surface area contributed by atoms with Crippen molar-refractivity contribution < 1.29 is 19.4 Å². The number of amides is 1. The molecule has 0 aliphatic carbocycles. The molecule has 3 rings (SSSR count). The Morgan fingerprint density at radius 3 is 2.74 bits per heavy atom. The molecule has 1 heterocycles. The molecule has 1 amide bonds. The van der Waals surface area contributed by atoms with Gasteiger partial charge >= 0.3 is 6.09 Å². The molecule has 1 aliphatic rings. The third kappa shape index (κ3) is 5.35. The van der Waals surface area contributed by atoms with Gasteiger partial charge in [0.05, 0.1) is 13.2 Å². The topological polar surface area (TPSA) is 79.8 Å². The summed E-state index contributed by atoms with van der Waals surface area (Å²) in [5.74, 6) is 0.784. The van der Waals surface area contributed by atoms with Crippen LogP contribution in [0.1, 0.15) is 11.1 Å². The van der Waals surface area contributed by atoms with E-state index in [1.54, 1.807) is 19.2 Å². The molecule has 1 aliphatic heterocycles. The molecule has 1 saturated heterocycles. The summed E-state index contributed by atoms with van der Waals surface area (Å²) < 4.78 is 10.6. The molecular formula is C20H23ClN2O4. The molecule has 0 saturated carbocycles. The molecule has 6 nitrogen and oxygen atoms in total. The van der Waals surface area contributed by atoms with Crippen LogP contribution in [-0.4, -0.2) is 43.1 Å². The fourth-order valence-electron chi connectivity index (χ4n) is 3.12. The number of hydrogen-bond acceptors (Lipinski definition) is 5. The average Bonchev–Trinajstić information content (AvgIpc) is 3.00. The minimum atomic E-state index is -0.745. The normalized spacial score (nSPS) is 21.7. The van der Waals surface area contributed by atoms with Gasteiger partial charge in [-0.3, -0.25) is 0 Å². The van der Waals surface area contributed by atoms with Crippen LogP contribution in [0.4, 0.5) is 4.79 Å². The molecule has 2 aromatic carbocycles. The zero-order valence-corrected chi connectivity index (χ0v) is 15.8. The van der Waals surface area contributed by atoms with E-state index in [9.17, 15) is 9.90 Å². The van der Waals surface area contributed by atoms with Crippen LogP contribution in [0.3, 0.4) is 0 Å². The van der Waals surface area contributed by atoms with Gasteiger partial charge in [-0.05, 0) is 41.8 Å². The molecule has 0 radical (unpaired) electrons. The molecule has 1 fully saturated rings. The van der Waals surface area contributed by atoms with Gasteiger partial charge in [0, 0.05) is 18.1 Å². The molecule has 3 atom stereocenters. The number of β-amino-alcohol motifs (C(OH)–C–C–N with tert-alkyl or cyclic N) is 1. The summed E-state index contributed by atoms with van der Waals surface area (Å²) in [6, 6.07) is 14.8. The molecule has 144 valence electrons. The van der Waals surface area contributed by atoms with Crippen molar-refractivity contribution in [2.75, 3.05) is 13.7 Å². The summed E-state index contributed by atoms with van der Waals surface area (Å²) in [6.07, 6.45) is -1.30. The summed E-state index contributed by atoms with van der Waals surface area (Å²) >= 11 is 5.94. The number of carbonyl (C=O) groups excluding carboxylic acids is 1. The van der Waals surface area contributed by atoms with Crippen molar-refractivity contribution in [3.63, 3.8) is 0 Å². The van der Waals surface area contributed by atoms with E-state index in [-0.39, 0.29) is 6.04 Å². The van der Waals surface area contributed by atoms with E-state index < -0.39 is 18.3 Å². The van der Waals surface area contributed by atoms with E-state index in [1.165, 1.54) is 0 Å². The van der Waals surface area contributed by atoms with Crippen molar-refractivity contribution in [2.45, 2.75) is 31.2 Å². The van der Waals surface area contributed by atoms with Gasteiger partial charge in [-0.25, -0.2) is 4.79 Å². The van der Waals surface area contributed by atoms with Crippen molar-refractivity contribution >= 4 is 17.7 Å². The number of aliphatic hydroxyl groups excluding tert-OH is 1. The number of methoxy groups -OCH3 is 1. The first-order chi connectivity index (χ1) is 13.0. The van der Waals surface area contributed by atoms with Gasteiger partial charge in [0.2, 0.25) is 0 Å². The van der Waals surface area contributed by atoms with Gasteiger partial charge in [0.15, 0.2) is 0 Å². The van der Waals surface area contributed by atoms with Gasteiger partial charge in [-0.15, -0.1) is 0 Å². The van der Waals surface area contributed by atoms with Gasteiger partial charge in [0.1, 0.15) is 18.0 Å². The Morgan fingerprint density at radius 1 is 1.26 bits per heavy atom. The second-order valence-electron chi connectivity index (χ2n) is 6.49. The average molecular weight is 391 g/mol. The molecule has 0 aromatic heterocycles. The van der Waals surface area contributed by atoms with Crippen molar-refractivity contribution in [2.24, 2.45) is 0 Å². The first-order valence-corrected chi connectivity index (χ1v) is 9.16. The Kier molecular flexibility index (Phi) is 6.55. The lowest BCUT2D eigenvalue weighted by molar-refractivity contribution is 0.0188. The summed E-state index contributed by atoms with van der Waals surface area (Å²) in [5.41, 5.74) is 1.94. The lowest BCUT2D eigenvalue weighted by Gasteiger charge is -2.22. The number of aliphatic hydroxyl groups is 1. The van der Waals surface area contributed by atoms with Gasteiger partial charge in [-0.2, -0.15) is 0 Å². The summed E-state index contributed by atoms with van der Waals surface area (Å²) in [6.45, 7) is 0.686. The minimum Gasteiger partial charge on any atom is -0.497 e. The summed E-state index contributed by atoms with van der Waals surface area (Å²) in [5, 5.41) is 16.7.